The molecule has 2 fully saturated rings. The van der Waals surface area contributed by atoms with Crippen LogP contribution in [0.2, 0.25) is 0 Å². The molecule has 0 bridgehead atoms. The highest BCUT2D eigenvalue weighted by Gasteiger charge is 2.38. The molecule has 1 unspecified atom stereocenters. The van der Waals surface area contributed by atoms with E-state index in [2.05, 4.69) is 0 Å². The van der Waals surface area contributed by atoms with Crippen LogP contribution in [-0.4, -0.2) is 68.0 Å². The van der Waals surface area contributed by atoms with E-state index in [1.54, 1.807) is 7.11 Å². The molecular formula is C12H22N2O5S. The SMILES string of the molecule is COCC1CCN(S(=O)(=O)N2CCC(C(=O)O)CC2)C1. The fraction of sp³-hybridized carbons (Fsp3) is 0.917. The van der Waals surface area contributed by atoms with Crippen LogP contribution in [0.15, 0.2) is 0 Å². The Morgan fingerprint density at radius 3 is 2.35 bits per heavy atom. The van der Waals surface area contributed by atoms with Gasteiger partial charge in [-0.05, 0) is 25.2 Å². The maximum atomic E-state index is 12.5. The standard InChI is InChI=1S/C12H22N2O5S/c1-19-9-10-2-5-14(8-10)20(17,18)13-6-3-11(4-7-13)12(15)16/h10-11H,2-9H2,1H3,(H,15,16). The van der Waals surface area contributed by atoms with Gasteiger partial charge in [-0.3, -0.25) is 4.79 Å². The lowest BCUT2D eigenvalue weighted by molar-refractivity contribution is -0.142. The van der Waals surface area contributed by atoms with E-state index in [4.69, 9.17) is 9.84 Å². The van der Waals surface area contributed by atoms with Crippen molar-refractivity contribution in [2.45, 2.75) is 19.3 Å². The Hall–Kier alpha value is -0.700. The Balaban J connectivity index is 1.93. The second-order valence-corrected chi connectivity index (χ2v) is 7.42. The number of carbonyl (C=O) groups is 1. The van der Waals surface area contributed by atoms with Crippen molar-refractivity contribution in [3.63, 3.8) is 0 Å². The molecule has 2 heterocycles. The van der Waals surface area contributed by atoms with Gasteiger partial charge in [0.05, 0.1) is 12.5 Å². The summed E-state index contributed by atoms with van der Waals surface area (Å²) in [4.78, 5) is 10.9. The highest BCUT2D eigenvalue weighted by atomic mass is 32.2. The van der Waals surface area contributed by atoms with Gasteiger partial charge in [-0.25, -0.2) is 0 Å². The van der Waals surface area contributed by atoms with Gasteiger partial charge in [-0.1, -0.05) is 0 Å². The number of carboxylic acids is 1. The first kappa shape index (κ1) is 15.7. The molecule has 20 heavy (non-hydrogen) atoms. The van der Waals surface area contributed by atoms with E-state index in [0.29, 0.717) is 45.6 Å². The molecule has 2 aliphatic rings. The Labute approximate surface area is 119 Å². The maximum absolute atomic E-state index is 12.5. The van der Waals surface area contributed by atoms with Gasteiger partial charge in [0.25, 0.3) is 10.2 Å². The van der Waals surface area contributed by atoms with Crippen molar-refractivity contribution in [2.75, 3.05) is 39.9 Å². The second kappa shape index (κ2) is 6.38. The van der Waals surface area contributed by atoms with E-state index in [9.17, 15) is 13.2 Å². The maximum Gasteiger partial charge on any atom is 0.306 e. The Morgan fingerprint density at radius 1 is 1.20 bits per heavy atom. The first-order chi connectivity index (χ1) is 9.45. The van der Waals surface area contributed by atoms with Crippen LogP contribution in [-0.2, 0) is 19.7 Å². The zero-order chi connectivity index (χ0) is 14.8. The normalized spacial score (nSPS) is 26.9. The quantitative estimate of drug-likeness (QED) is 0.772. The average molecular weight is 306 g/mol. The zero-order valence-corrected chi connectivity index (χ0v) is 12.5. The van der Waals surface area contributed by atoms with Gasteiger partial charge in [-0.15, -0.1) is 0 Å². The van der Waals surface area contributed by atoms with E-state index in [1.807, 2.05) is 0 Å². The van der Waals surface area contributed by atoms with Gasteiger partial charge >= 0.3 is 5.97 Å². The van der Waals surface area contributed by atoms with Crippen molar-refractivity contribution in [3.8, 4) is 0 Å². The Morgan fingerprint density at radius 2 is 1.80 bits per heavy atom. The lowest BCUT2D eigenvalue weighted by atomic mass is 9.99. The van der Waals surface area contributed by atoms with Crippen LogP contribution in [0.4, 0.5) is 0 Å². The first-order valence-corrected chi connectivity index (χ1v) is 8.31. The fourth-order valence-electron chi connectivity index (χ4n) is 2.88. The lowest BCUT2D eigenvalue weighted by Crippen LogP contribution is -2.47. The van der Waals surface area contributed by atoms with Crippen molar-refractivity contribution in [1.29, 1.82) is 0 Å². The van der Waals surface area contributed by atoms with Crippen LogP contribution >= 0.6 is 0 Å². The predicted octanol–water partition coefficient (Wildman–Crippen LogP) is -0.00390. The molecule has 0 aromatic carbocycles. The first-order valence-electron chi connectivity index (χ1n) is 6.92. The number of nitrogens with zero attached hydrogens (tertiary/aromatic N) is 2. The number of aliphatic carboxylic acids is 1. The second-order valence-electron chi connectivity index (χ2n) is 5.49. The third-order valence-corrected chi connectivity index (χ3v) is 6.11. The fourth-order valence-corrected chi connectivity index (χ4v) is 4.61. The van der Waals surface area contributed by atoms with Crippen molar-refractivity contribution in [1.82, 2.24) is 8.61 Å². The number of piperidine rings is 1. The molecule has 0 aliphatic carbocycles. The monoisotopic (exact) mass is 306 g/mol. The lowest BCUT2D eigenvalue weighted by Gasteiger charge is -2.32. The van der Waals surface area contributed by atoms with Crippen molar-refractivity contribution >= 4 is 16.2 Å². The molecule has 2 aliphatic heterocycles. The van der Waals surface area contributed by atoms with Crippen molar-refractivity contribution in [2.24, 2.45) is 11.8 Å². The van der Waals surface area contributed by atoms with Crippen LogP contribution in [0.25, 0.3) is 0 Å². The molecule has 0 spiro atoms. The van der Waals surface area contributed by atoms with E-state index in [1.165, 1.54) is 8.61 Å². The molecule has 0 amide bonds. The summed E-state index contributed by atoms with van der Waals surface area (Å²) in [6, 6.07) is 0. The number of hydrogen-bond acceptors (Lipinski definition) is 4. The van der Waals surface area contributed by atoms with Crippen molar-refractivity contribution < 1.29 is 23.1 Å². The Bertz CT molecular complexity index is 445. The highest BCUT2D eigenvalue weighted by molar-refractivity contribution is 7.86. The van der Waals surface area contributed by atoms with Gasteiger partial charge in [0.15, 0.2) is 0 Å². The van der Waals surface area contributed by atoms with Gasteiger partial charge in [0.2, 0.25) is 0 Å². The molecule has 0 aromatic heterocycles. The van der Waals surface area contributed by atoms with E-state index in [0.717, 1.165) is 6.42 Å². The van der Waals surface area contributed by atoms with Crippen LogP contribution in [0.1, 0.15) is 19.3 Å². The summed E-state index contributed by atoms with van der Waals surface area (Å²) in [5, 5.41) is 8.94. The molecule has 7 nitrogen and oxygen atoms in total. The zero-order valence-electron chi connectivity index (χ0n) is 11.7. The summed E-state index contributed by atoms with van der Waals surface area (Å²) in [5.41, 5.74) is 0. The largest absolute Gasteiger partial charge is 0.481 e. The van der Waals surface area contributed by atoms with Gasteiger partial charge < -0.3 is 9.84 Å². The molecule has 1 N–H and O–H groups in total. The third-order valence-electron chi connectivity index (χ3n) is 4.11. The predicted molar refractivity (Wildman–Crippen MR) is 72.4 cm³/mol. The van der Waals surface area contributed by atoms with E-state index in [-0.39, 0.29) is 5.92 Å². The smallest absolute Gasteiger partial charge is 0.306 e. The van der Waals surface area contributed by atoms with Crippen LogP contribution in [0.3, 0.4) is 0 Å². The molecular weight excluding hydrogens is 284 g/mol. The Kier molecular flexibility index (Phi) is 5.00. The summed E-state index contributed by atoms with van der Waals surface area (Å²) in [7, 11) is -1.83. The molecule has 2 rings (SSSR count). The number of carboxylic acid groups (broad SMARTS) is 1. The highest BCUT2D eigenvalue weighted by Crippen LogP contribution is 2.25. The van der Waals surface area contributed by atoms with E-state index < -0.39 is 22.1 Å². The van der Waals surface area contributed by atoms with Crippen LogP contribution in [0.5, 0.6) is 0 Å². The number of hydrogen-bond donors (Lipinski definition) is 1. The third kappa shape index (κ3) is 3.30. The molecule has 0 radical (unpaired) electrons. The summed E-state index contributed by atoms with van der Waals surface area (Å²) < 4.78 is 32.9. The number of methoxy groups -OCH3 is 1. The van der Waals surface area contributed by atoms with Crippen LogP contribution in [0, 0.1) is 11.8 Å². The molecule has 2 saturated heterocycles. The van der Waals surface area contributed by atoms with E-state index >= 15 is 0 Å². The summed E-state index contributed by atoms with van der Waals surface area (Å²) in [6.45, 7) is 2.19. The average Bonchev–Trinajstić information content (AvgIpc) is 2.88. The van der Waals surface area contributed by atoms with Crippen LogP contribution < -0.4 is 0 Å². The summed E-state index contributed by atoms with van der Waals surface area (Å²) >= 11 is 0. The number of rotatable bonds is 5. The molecule has 0 saturated carbocycles. The minimum atomic E-state index is -3.44. The van der Waals surface area contributed by atoms with Gasteiger partial charge in [0.1, 0.15) is 0 Å². The molecule has 0 aromatic rings. The minimum Gasteiger partial charge on any atom is -0.481 e. The molecule has 8 heteroatoms. The number of ether oxygens (including phenoxy) is 1. The van der Waals surface area contributed by atoms with Crippen molar-refractivity contribution in [3.05, 3.63) is 0 Å². The minimum absolute atomic E-state index is 0.256. The van der Waals surface area contributed by atoms with Gasteiger partial charge in [0, 0.05) is 33.3 Å². The molecule has 1 atom stereocenters. The summed E-state index contributed by atoms with van der Waals surface area (Å²) in [6.07, 6.45) is 1.60. The van der Waals surface area contributed by atoms with Gasteiger partial charge in [-0.2, -0.15) is 17.0 Å². The summed E-state index contributed by atoms with van der Waals surface area (Å²) in [5.74, 6) is -0.990. The topological polar surface area (TPSA) is 87.2 Å². The molecule has 116 valence electrons.